The molecule has 0 bridgehead atoms. The molecule has 1 aliphatic heterocycles. The van der Waals surface area contributed by atoms with Gasteiger partial charge in [-0.3, -0.25) is 0 Å². The van der Waals surface area contributed by atoms with E-state index in [9.17, 15) is 4.79 Å². The predicted octanol–water partition coefficient (Wildman–Crippen LogP) is 5.90. The first-order chi connectivity index (χ1) is 17.1. The van der Waals surface area contributed by atoms with Crippen molar-refractivity contribution in [3.63, 3.8) is 0 Å². The van der Waals surface area contributed by atoms with E-state index >= 15 is 0 Å². The maximum atomic E-state index is 12.3. The van der Waals surface area contributed by atoms with E-state index in [0.717, 1.165) is 52.3 Å². The summed E-state index contributed by atoms with van der Waals surface area (Å²) < 4.78 is 22.7. The molecule has 6 nitrogen and oxygen atoms in total. The van der Waals surface area contributed by atoms with E-state index in [1.807, 2.05) is 31.2 Å². The highest BCUT2D eigenvalue weighted by atomic mass is 16.5. The molecule has 182 valence electrons. The van der Waals surface area contributed by atoms with Crippen LogP contribution >= 0.6 is 0 Å². The third kappa shape index (κ3) is 5.60. The lowest BCUT2D eigenvalue weighted by molar-refractivity contribution is 0.0472. The molecule has 1 saturated carbocycles. The van der Waals surface area contributed by atoms with E-state index in [-0.39, 0.29) is 12.1 Å². The molecule has 1 aliphatic carbocycles. The summed E-state index contributed by atoms with van der Waals surface area (Å²) in [6, 6.07) is 17.9. The number of anilines is 1. The zero-order chi connectivity index (χ0) is 24.2. The number of esters is 1. The van der Waals surface area contributed by atoms with Gasteiger partial charge in [0.15, 0.2) is 0 Å². The van der Waals surface area contributed by atoms with Crippen LogP contribution in [0.2, 0.25) is 0 Å². The van der Waals surface area contributed by atoms with Crippen molar-refractivity contribution in [2.45, 2.75) is 45.9 Å². The van der Waals surface area contributed by atoms with Crippen LogP contribution in [0, 0.1) is 6.92 Å². The number of carbonyl (C=O) groups is 1. The number of benzene rings is 3. The summed E-state index contributed by atoms with van der Waals surface area (Å²) in [5, 5.41) is 3.43. The van der Waals surface area contributed by atoms with Gasteiger partial charge in [0.25, 0.3) is 0 Å². The molecule has 0 unspecified atom stereocenters. The second kappa shape index (κ2) is 10.4. The Hall–Kier alpha value is -3.51. The third-order valence-corrected chi connectivity index (χ3v) is 6.18. The SMILES string of the molecule is CCOCCOc1cc(C)c2c(c1)COc1ccc(CNc3cccc(C(=O)OC4CC4)c3)cc1-2. The van der Waals surface area contributed by atoms with Crippen molar-refractivity contribution < 1.29 is 23.7 Å². The molecular formula is C29H31NO5. The topological polar surface area (TPSA) is 66.0 Å². The normalized spacial score (nSPS) is 13.9. The molecule has 0 radical (unpaired) electrons. The number of nitrogens with one attached hydrogen (secondary N) is 1. The van der Waals surface area contributed by atoms with Crippen LogP contribution in [0.4, 0.5) is 5.69 Å². The summed E-state index contributed by atoms with van der Waals surface area (Å²) in [6.07, 6.45) is 2.04. The second-order valence-corrected chi connectivity index (χ2v) is 8.98. The van der Waals surface area contributed by atoms with Gasteiger partial charge in [0.1, 0.15) is 30.8 Å². The van der Waals surface area contributed by atoms with Gasteiger partial charge in [-0.05, 0) is 85.8 Å². The lowest BCUT2D eigenvalue weighted by Crippen LogP contribution is -2.10. The van der Waals surface area contributed by atoms with Gasteiger partial charge >= 0.3 is 5.97 Å². The minimum Gasteiger partial charge on any atom is -0.491 e. The Labute approximate surface area is 206 Å². The molecule has 1 fully saturated rings. The van der Waals surface area contributed by atoms with E-state index < -0.39 is 0 Å². The number of carbonyl (C=O) groups excluding carboxylic acids is 1. The van der Waals surface area contributed by atoms with Gasteiger partial charge in [-0.2, -0.15) is 0 Å². The molecule has 5 rings (SSSR count). The summed E-state index contributed by atoms with van der Waals surface area (Å²) in [4.78, 5) is 12.3. The number of fused-ring (bicyclic) bond motifs is 3. The van der Waals surface area contributed by atoms with Crippen LogP contribution in [-0.4, -0.2) is 31.9 Å². The van der Waals surface area contributed by atoms with Gasteiger partial charge in [-0.1, -0.05) is 12.1 Å². The first-order valence-electron chi connectivity index (χ1n) is 12.3. The molecule has 0 atom stereocenters. The van der Waals surface area contributed by atoms with E-state index in [1.165, 1.54) is 5.56 Å². The average Bonchev–Trinajstić information content (AvgIpc) is 3.69. The molecule has 3 aromatic rings. The van der Waals surface area contributed by atoms with Crippen LogP contribution < -0.4 is 14.8 Å². The molecule has 35 heavy (non-hydrogen) atoms. The molecule has 3 aromatic carbocycles. The molecule has 0 spiro atoms. The van der Waals surface area contributed by atoms with E-state index in [0.29, 0.717) is 38.5 Å². The standard InChI is InChI=1S/C29H31NO5/c1-3-32-11-12-33-25-13-19(2)28-22(16-25)18-34-27-10-7-20(14-26(27)28)17-30-23-6-4-5-21(15-23)29(31)35-24-8-9-24/h4-7,10,13-16,24,30H,3,8-9,11-12,17-18H2,1-2H3. The van der Waals surface area contributed by atoms with Crippen molar-refractivity contribution in [1.29, 1.82) is 0 Å². The fourth-order valence-corrected chi connectivity index (χ4v) is 4.30. The smallest absolute Gasteiger partial charge is 0.338 e. The maximum absolute atomic E-state index is 12.3. The van der Waals surface area contributed by atoms with E-state index in [4.69, 9.17) is 18.9 Å². The van der Waals surface area contributed by atoms with Crippen LogP contribution in [0.25, 0.3) is 11.1 Å². The van der Waals surface area contributed by atoms with Crippen molar-refractivity contribution in [3.05, 3.63) is 76.9 Å². The first kappa shape index (κ1) is 23.2. The quantitative estimate of drug-likeness (QED) is 0.292. The highest BCUT2D eigenvalue weighted by Gasteiger charge is 2.26. The van der Waals surface area contributed by atoms with Crippen molar-refractivity contribution in [3.8, 4) is 22.6 Å². The first-order valence-corrected chi connectivity index (χ1v) is 12.3. The van der Waals surface area contributed by atoms with Crippen LogP contribution in [0.5, 0.6) is 11.5 Å². The van der Waals surface area contributed by atoms with Crippen LogP contribution in [0.1, 0.15) is 46.8 Å². The number of ether oxygens (including phenoxy) is 4. The lowest BCUT2D eigenvalue weighted by atomic mass is 9.91. The van der Waals surface area contributed by atoms with Gasteiger partial charge in [0, 0.05) is 30.0 Å². The molecule has 1 heterocycles. The summed E-state index contributed by atoms with van der Waals surface area (Å²) in [5.74, 6) is 1.47. The van der Waals surface area contributed by atoms with E-state index in [2.05, 4.69) is 36.5 Å². The van der Waals surface area contributed by atoms with Crippen molar-refractivity contribution in [2.24, 2.45) is 0 Å². The number of hydrogen-bond donors (Lipinski definition) is 1. The number of rotatable bonds is 10. The lowest BCUT2D eigenvalue weighted by Gasteiger charge is -2.24. The average molecular weight is 474 g/mol. The minimum absolute atomic E-state index is 0.0980. The largest absolute Gasteiger partial charge is 0.491 e. The van der Waals surface area contributed by atoms with Gasteiger partial charge in [0.05, 0.1) is 12.2 Å². The van der Waals surface area contributed by atoms with Crippen molar-refractivity contribution in [2.75, 3.05) is 25.1 Å². The Bertz CT molecular complexity index is 1220. The van der Waals surface area contributed by atoms with Crippen LogP contribution in [-0.2, 0) is 22.6 Å². The Morgan fingerprint density at radius 3 is 2.80 bits per heavy atom. The zero-order valence-corrected chi connectivity index (χ0v) is 20.3. The number of hydrogen-bond acceptors (Lipinski definition) is 6. The van der Waals surface area contributed by atoms with Crippen molar-refractivity contribution >= 4 is 11.7 Å². The summed E-state index contributed by atoms with van der Waals surface area (Å²) in [6.45, 7) is 7.03. The monoisotopic (exact) mass is 473 g/mol. The van der Waals surface area contributed by atoms with Gasteiger partial charge < -0.3 is 24.3 Å². The molecule has 0 saturated heterocycles. The zero-order valence-electron chi connectivity index (χ0n) is 20.3. The molecule has 6 heteroatoms. The van der Waals surface area contributed by atoms with E-state index in [1.54, 1.807) is 6.07 Å². The van der Waals surface area contributed by atoms with Gasteiger partial charge in [-0.15, -0.1) is 0 Å². The highest BCUT2D eigenvalue weighted by molar-refractivity contribution is 5.90. The van der Waals surface area contributed by atoms with Crippen LogP contribution in [0.15, 0.2) is 54.6 Å². The Balaban J connectivity index is 1.29. The molecule has 0 aromatic heterocycles. The Morgan fingerprint density at radius 2 is 1.97 bits per heavy atom. The predicted molar refractivity (Wildman–Crippen MR) is 135 cm³/mol. The summed E-state index contributed by atoms with van der Waals surface area (Å²) in [5.41, 5.74) is 7.16. The molecule has 2 aliphatic rings. The summed E-state index contributed by atoms with van der Waals surface area (Å²) in [7, 11) is 0. The molecular weight excluding hydrogens is 442 g/mol. The fourth-order valence-electron chi connectivity index (χ4n) is 4.30. The number of aryl methyl sites for hydroxylation is 1. The van der Waals surface area contributed by atoms with Gasteiger partial charge in [0.2, 0.25) is 0 Å². The maximum Gasteiger partial charge on any atom is 0.338 e. The Kier molecular flexibility index (Phi) is 6.91. The molecule has 0 amide bonds. The molecule has 1 N–H and O–H groups in total. The second-order valence-electron chi connectivity index (χ2n) is 8.98. The summed E-state index contributed by atoms with van der Waals surface area (Å²) >= 11 is 0. The highest BCUT2D eigenvalue weighted by Crippen LogP contribution is 2.41. The minimum atomic E-state index is -0.254. The third-order valence-electron chi connectivity index (χ3n) is 6.18. The van der Waals surface area contributed by atoms with Gasteiger partial charge in [-0.25, -0.2) is 4.79 Å². The van der Waals surface area contributed by atoms with Crippen molar-refractivity contribution in [1.82, 2.24) is 0 Å². The fraction of sp³-hybridized carbons (Fsp3) is 0.345. The Morgan fingerprint density at radius 1 is 1.09 bits per heavy atom. The van der Waals surface area contributed by atoms with Crippen LogP contribution in [0.3, 0.4) is 0 Å².